The van der Waals surface area contributed by atoms with E-state index in [-0.39, 0.29) is 30.2 Å². The quantitative estimate of drug-likeness (QED) is 0.702. The average Bonchev–Trinajstić information content (AvgIpc) is 2.24. The second-order valence-corrected chi connectivity index (χ2v) is 7.20. The van der Waals surface area contributed by atoms with Gasteiger partial charge in [-0.3, -0.25) is 4.79 Å². The van der Waals surface area contributed by atoms with E-state index in [9.17, 15) is 13.2 Å². The lowest BCUT2D eigenvalue weighted by Crippen LogP contribution is -2.48. The zero-order valence-corrected chi connectivity index (χ0v) is 11.7. The number of nitrogens with one attached hydrogen (secondary N) is 1. The Labute approximate surface area is 108 Å². The van der Waals surface area contributed by atoms with Gasteiger partial charge in [0.1, 0.15) is 9.84 Å². The molecular formula is C11H22N2O4S. The van der Waals surface area contributed by atoms with E-state index in [1.165, 1.54) is 0 Å². The molecule has 0 bridgehead atoms. The van der Waals surface area contributed by atoms with Crippen molar-refractivity contribution in [2.75, 3.05) is 18.6 Å². The highest BCUT2D eigenvalue weighted by molar-refractivity contribution is 7.90. The van der Waals surface area contributed by atoms with Crippen LogP contribution in [0.5, 0.6) is 0 Å². The molecule has 0 radical (unpaired) electrons. The van der Waals surface area contributed by atoms with E-state index in [4.69, 9.17) is 10.5 Å². The first kappa shape index (κ1) is 15.4. The summed E-state index contributed by atoms with van der Waals surface area (Å²) in [6.45, 7) is 2.59. The van der Waals surface area contributed by atoms with Gasteiger partial charge in [0.05, 0.1) is 17.9 Å². The molecule has 0 aromatic carbocycles. The van der Waals surface area contributed by atoms with Crippen molar-refractivity contribution in [2.45, 2.75) is 44.4 Å². The molecule has 0 aromatic heterocycles. The standard InChI is InChI=1S/C11H22N2O4S/c1-8-7-9(3-5-17-8)13-11(14)10(12)4-6-18(2,15)16/h8-10H,3-7,12H2,1-2H3,(H,13,14). The van der Waals surface area contributed by atoms with Gasteiger partial charge < -0.3 is 15.8 Å². The summed E-state index contributed by atoms with van der Waals surface area (Å²) in [5, 5.41) is 2.85. The van der Waals surface area contributed by atoms with Crippen LogP contribution >= 0.6 is 0 Å². The molecule has 106 valence electrons. The van der Waals surface area contributed by atoms with Gasteiger partial charge >= 0.3 is 0 Å². The van der Waals surface area contributed by atoms with Crippen LogP contribution in [0.4, 0.5) is 0 Å². The SMILES string of the molecule is CC1CC(NC(=O)C(N)CCS(C)(=O)=O)CCO1. The fraction of sp³-hybridized carbons (Fsp3) is 0.909. The van der Waals surface area contributed by atoms with Crippen molar-refractivity contribution in [3.8, 4) is 0 Å². The lowest BCUT2D eigenvalue weighted by Gasteiger charge is -2.28. The monoisotopic (exact) mass is 278 g/mol. The summed E-state index contributed by atoms with van der Waals surface area (Å²) >= 11 is 0. The van der Waals surface area contributed by atoms with Gasteiger partial charge in [-0.2, -0.15) is 0 Å². The summed E-state index contributed by atoms with van der Waals surface area (Å²) in [6.07, 6.45) is 2.97. The highest BCUT2D eigenvalue weighted by atomic mass is 32.2. The van der Waals surface area contributed by atoms with Crippen molar-refractivity contribution in [3.63, 3.8) is 0 Å². The fourth-order valence-corrected chi connectivity index (χ4v) is 2.59. The maximum atomic E-state index is 11.8. The Kier molecular flexibility index (Phi) is 5.55. The highest BCUT2D eigenvalue weighted by Crippen LogP contribution is 2.13. The summed E-state index contributed by atoms with van der Waals surface area (Å²) < 4.78 is 27.4. The number of ether oxygens (including phenoxy) is 1. The Bertz CT molecular complexity index is 383. The third kappa shape index (κ3) is 5.79. The first-order valence-corrected chi connectivity index (χ1v) is 8.19. The van der Waals surface area contributed by atoms with Crippen LogP contribution in [-0.4, -0.2) is 51.1 Å². The van der Waals surface area contributed by atoms with Crippen LogP contribution in [0.1, 0.15) is 26.2 Å². The maximum absolute atomic E-state index is 11.8. The van der Waals surface area contributed by atoms with Crippen LogP contribution in [0.2, 0.25) is 0 Å². The molecular weight excluding hydrogens is 256 g/mol. The molecule has 0 saturated carbocycles. The lowest BCUT2D eigenvalue weighted by molar-refractivity contribution is -0.124. The minimum absolute atomic E-state index is 0.0637. The Morgan fingerprint density at radius 1 is 1.56 bits per heavy atom. The topological polar surface area (TPSA) is 98.5 Å². The molecule has 3 N–H and O–H groups in total. The van der Waals surface area contributed by atoms with Gasteiger partial charge in [0.2, 0.25) is 5.91 Å². The van der Waals surface area contributed by atoms with E-state index in [0.717, 1.165) is 19.1 Å². The molecule has 18 heavy (non-hydrogen) atoms. The van der Waals surface area contributed by atoms with E-state index in [1.54, 1.807) is 0 Å². The summed E-state index contributed by atoms with van der Waals surface area (Å²) in [6, 6.07) is -0.691. The van der Waals surface area contributed by atoms with E-state index in [2.05, 4.69) is 5.32 Å². The molecule has 0 aromatic rings. The molecule has 1 aliphatic rings. The predicted octanol–water partition coefficient (Wildman–Crippen LogP) is -0.568. The number of sulfone groups is 1. The molecule has 3 unspecified atom stereocenters. The second kappa shape index (κ2) is 6.49. The fourth-order valence-electron chi connectivity index (χ4n) is 1.91. The molecule has 3 atom stereocenters. The summed E-state index contributed by atoms with van der Waals surface area (Å²) in [5.74, 6) is -0.344. The van der Waals surface area contributed by atoms with Gasteiger partial charge in [-0.05, 0) is 26.2 Å². The van der Waals surface area contributed by atoms with Crippen molar-refractivity contribution in [1.82, 2.24) is 5.32 Å². The second-order valence-electron chi connectivity index (χ2n) is 4.94. The van der Waals surface area contributed by atoms with Gasteiger partial charge in [-0.25, -0.2) is 8.42 Å². The molecule has 7 heteroatoms. The smallest absolute Gasteiger partial charge is 0.237 e. The summed E-state index contributed by atoms with van der Waals surface area (Å²) in [4.78, 5) is 11.8. The zero-order chi connectivity index (χ0) is 13.8. The number of carbonyl (C=O) groups excluding carboxylic acids is 1. The molecule has 1 amide bonds. The number of rotatable bonds is 5. The third-order valence-electron chi connectivity index (χ3n) is 2.97. The van der Waals surface area contributed by atoms with Gasteiger partial charge in [0, 0.05) is 18.9 Å². The summed E-state index contributed by atoms with van der Waals surface area (Å²) in [5.41, 5.74) is 5.67. The molecule has 1 saturated heterocycles. The number of hydrogen-bond acceptors (Lipinski definition) is 5. The molecule has 1 rings (SSSR count). The van der Waals surface area contributed by atoms with Crippen molar-refractivity contribution >= 4 is 15.7 Å². The van der Waals surface area contributed by atoms with E-state index in [1.807, 2.05) is 6.92 Å². The van der Waals surface area contributed by atoms with Crippen LogP contribution in [-0.2, 0) is 19.4 Å². The lowest BCUT2D eigenvalue weighted by atomic mass is 10.0. The van der Waals surface area contributed by atoms with E-state index < -0.39 is 15.9 Å². The van der Waals surface area contributed by atoms with Crippen molar-refractivity contribution in [3.05, 3.63) is 0 Å². The zero-order valence-electron chi connectivity index (χ0n) is 10.9. The van der Waals surface area contributed by atoms with Crippen molar-refractivity contribution < 1.29 is 17.9 Å². The van der Waals surface area contributed by atoms with Crippen LogP contribution in [0, 0.1) is 0 Å². The van der Waals surface area contributed by atoms with Crippen molar-refractivity contribution in [1.29, 1.82) is 0 Å². The number of carbonyl (C=O) groups is 1. The van der Waals surface area contributed by atoms with Gasteiger partial charge in [-0.1, -0.05) is 0 Å². The van der Waals surface area contributed by atoms with Gasteiger partial charge in [0.25, 0.3) is 0 Å². The first-order valence-electron chi connectivity index (χ1n) is 6.13. The third-order valence-corrected chi connectivity index (χ3v) is 3.95. The molecule has 6 nitrogen and oxygen atoms in total. The molecule has 0 spiro atoms. The summed E-state index contributed by atoms with van der Waals surface area (Å²) in [7, 11) is -3.07. The van der Waals surface area contributed by atoms with E-state index >= 15 is 0 Å². The molecule has 1 aliphatic heterocycles. The average molecular weight is 278 g/mol. The number of amides is 1. The Morgan fingerprint density at radius 2 is 2.22 bits per heavy atom. The van der Waals surface area contributed by atoms with Crippen LogP contribution in [0.15, 0.2) is 0 Å². The largest absolute Gasteiger partial charge is 0.378 e. The van der Waals surface area contributed by atoms with Crippen LogP contribution in [0.25, 0.3) is 0 Å². The molecule has 0 aliphatic carbocycles. The van der Waals surface area contributed by atoms with Crippen LogP contribution in [0.3, 0.4) is 0 Å². The Hall–Kier alpha value is -0.660. The number of nitrogens with two attached hydrogens (primary N) is 1. The predicted molar refractivity (Wildman–Crippen MR) is 68.9 cm³/mol. The Morgan fingerprint density at radius 3 is 2.78 bits per heavy atom. The molecule has 1 heterocycles. The Balaban J connectivity index is 2.35. The van der Waals surface area contributed by atoms with Gasteiger partial charge in [0.15, 0.2) is 0 Å². The minimum atomic E-state index is -3.07. The van der Waals surface area contributed by atoms with E-state index in [0.29, 0.717) is 6.61 Å². The normalized spacial score (nSPS) is 26.6. The highest BCUT2D eigenvalue weighted by Gasteiger charge is 2.23. The van der Waals surface area contributed by atoms with Crippen LogP contribution < -0.4 is 11.1 Å². The maximum Gasteiger partial charge on any atom is 0.237 e. The van der Waals surface area contributed by atoms with Crippen molar-refractivity contribution in [2.24, 2.45) is 5.73 Å². The number of hydrogen-bond donors (Lipinski definition) is 2. The first-order chi connectivity index (χ1) is 8.28. The molecule has 1 fully saturated rings. The van der Waals surface area contributed by atoms with Gasteiger partial charge in [-0.15, -0.1) is 0 Å². The minimum Gasteiger partial charge on any atom is -0.378 e.